The van der Waals surface area contributed by atoms with Crippen molar-refractivity contribution in [2.75, 3.05) is 0 Å². The third kappa shape index (κ3) is 3.15. The fourth-order valence-electron chi connectivity index (χ4n) is 2.13. The number of hydrogen-bond donors (Lipinski definition) is 1. The Balaban J connectivity index is 2.27. The topological polar surface area (TPSA) is 55.1 Å². The van der Waals surface area contributed by atoms with Crippen molar-refractivity contribution in [3.63, 3.8) is 0 Å². The first-order chi connectivity index (χ1) is 9.47. The molecule has 0 amide bonds. The SMILES string of the molecule is Cc1ccc(Cn2nc(C)c(C=CC(=O)O)c2C)cc1. The monoisotopic (exact) mass is 270 g/mol. The van der Waals surface area contributed by atoms with Crippen molar-refractivity contribution in [2.24, 2.45) is 0 Å². The van der Waals surface area contributed by atoms with Gasteiger partial charge in [-0.1, -0.05) is 29.8 Å². The molecule has 20 heavy (non-hydrogen) atoms. The summed E-state index contributed by atoms with van der Waals surface area (Å²) in [5.41, 5.74) is 5.09. The second-order valence-corrected chi connectivity index (χ2v) is 4.90. The molecule has 0 aliphatic heterocycles. The highest BCUT2D eigenvalue weighted by atomic mass is 16.4. The van der Waals surface area contributed by atoms with E-state index >= 15 is 0 Å². The highest BCUT2D eigenvalue weighted by Crippen LogP contribution is 2.16. The van der Waals surface area contributed by atoms with E-state index in [0.717, 1.165) is 23.0 Å². The molecule has 4 heteroatoms. The van der Waals surface area contributed by atoms with E-state index in [1.807, 2.05) is 18.5 Å². The average Bonchev–Trinajstić information content (AvgIpc) is 2.65. The normalized spacial score (nSPS) is 11.2. The lowest BCUT2D eigenvalue weighted by molar-refractivity contribution is -0.131. The molecule has 1 aromatic heterocycles. The highest BCUT2D eigenvalue weighted by molar-refractivity contribution is 5.85. The van der Waals surface area contributed by atoms with Crippen LogP contribution >= 0.6 is 0 Å². The van der Waals surface area contributed by atoms with Gasteiger partial charge in [0.25, 0.3) is 0 Å². The van der Waals surface area contributed by atoms with Crippen molar-refractivity contribution in [2.45, 2.75) is 27.3 Å². The van der Waals surface area contributed by atoms with Crippen molar-refractivity contribution in [3.05, 3.63) is 58.4 Å². The van der Waals surface area contributed by atoms with Crippen LogP contribution in [0.5, 0.6) is 0 Å². The van der Waals surface area contributed by atoms with E-state index in [9.17, 15) is 4.79 Å². The first-order valence-corrected chi connectivity index (χ1v) is 6.48. The fourth-order valence-corrected chi connectivity index (χ4v) is 2.13. The number of rotatable bonds is 4. The van der Waals surface area contributed by atoms with Gasteiger partial charge in [0, 0.05) is 17.3 Å². The first kappa shape index (κ1) is 14.1. The van der Waals surface area contributed by atoms with Crippen LogP contribution in [0.3, 0.4) is 0 Å². The first-order valence-electron chi connectivity index (χ1n) is 6.48. The minimum Gasteiger partial charge on any atom is -0.478 e. The summed E-state index contributed by atoms with van der Waals surface area (Å²) >= 11 is 0. The maximum atomic E-state index is 10.6. The van der Waals surface area contributed by atoms with E-state index in [4.69, 9.17) is 5.11 Å². The maximum absolute atomic E-state index is 10.6. The summed E-state index contributed by atoms with van der Waals surface area (Å²) in [5.74, 6) is -0.949. The Morgan fingerprint density at radius 2 is 1.90 bits per heavy atom. The molecule has 0 saturated carbocycles. The number of carboxylic acid groups (broad SMARTS) is 1. The fraction of sp³-hybridized carbons (Fsp3) is 0.250. The van der Waals surface area contributed by atoms with Gasteiger partial charge in [0.15, 0.2) is 0 Å². The Morgan fingerprint density at radius 3 is 2.50 bits per heavy atom. The van der Waals surface area contributed by atoms with Crippen LogP contribution in [-0.2, 0) is 11.3 Å². The van der Waals surface area contributed by atoms with Crippen molar-refractivity contribution in [1.29, 1.82) is 0 Å². The molecule has 0 aliphatic carbocycles. The van der Waals surface area contributed by atoms with Gasteiger partial charge >= 0.3 is 5.97 Å². The van der Waals surface area contributed by atoms with Crippen molar-refractivity contribution >= 4 is 12.0 Å². The molecule has 0 fully saturated rings. The number of carboxylic acids is 1. The lowest BCUT2D eigenvalue weighted by atomic mass is 10.1. The van der Waals surface area contributed by atoms with Crippen LogP contribution in [0.1, 0.15) is 28.1 Å². The number of hydrogen-bond acceptors (Lipinski definition) is 2. The zero-order valence-electron chi connectivity index (χ0n) is 11.9. The van der Waals surface area contributed by atoms with Gasteiger partial charge in [0.05, 0.1) is 12.2 Å². The van der Waals surface area contributed by atoms with Gasteiger partial charge in [-0.25, -0.2) is 4.79 Å². The summed E-state index contributed by atoms with van der Waals surface area (Å²) in [6.07, 6.45) is 2.75. The summed E-state index contributed by atoms with van der Waals surface area (Å²) in [7, 11) is 0. The maximum Gasteiger partial charge on any atom is 0.328 e. The van der Waals surface area contributed by atoms with Gasteiger partial charge in [-0.05, 0) is 32.4 Å². The van der Waals surface area contributed by atoms with Crippen LogP contribution in [0.2, 0.25) is 0 Å². The van der Waals surface area contributed by atoms with E-state index in [1.165, 1.54) is 11.1 Å². The summed E-state index contributed by atoms with van der Waals surface area (Å²) in [6, 6.07) is 8.32. The van der Waals surface area contributed by atoms with Crippen molar-refractivity contribution in [1.82, 2.24) is 9.78 Å². The molecule has 1 aromatic carbocycles. The molecule has 0 atom stereocenters. The zero-order chi connectivity index (χ0) is 14.7. The third-order valence-corrected chi connectivity index (χ3v) is 3.28. The van der Waals surface area contributed by atoms with Gasteiger partial charge in [-0.15, -0.1) is 0 Å². The highest BCUT2D eigenvalue weighted by Gasteiger charge is 2.09. The van der Waals surface area contributed by atoms with E-state index in [1.54, 1.807) is 6.08 Å². The van der Waals surface area contributed by atoms with Crippen LogP contribution in [0, 0.1) is 20.8 Å². The summed E-state index contributed by atoms with van der Waals surface area (Å²) < 4.78 is 1.90. The van der Waals surface area contributed by atoms with Crippen molar-refractivity contribution < 1.29 is 9.90 Å². The van der Waals surface area contributed by atoms with Crippen LogP contribution in [0.15, 0.2) is 30.3 Å². The molecule has 0 aliphatic rings. The molecule has 0 radical (unpaired) electrons. The minimum absolute atomic E-state index is 0.688. The molecule has 4 nitrogen and oxygen atoms in total. The minimum atomic E-state index is -0.949. The Labute approximate surface area is 118 Å². The van der Waals surface area contributed by atoms with E-state index in [-0.39, 0.29) is 0 Å². The second-order valence-electron chi connectivity index (χ2n) is 4.90. The summed E-state index contributed by atoms with van der Waals surface area (Å²) in [6.45, 7) is 6.59. The van der Waals surface area contributed by atoms with Gasteiger partial charge < -0.3 is 5.11 Å². The molecular weight excluding hydrogens is 252 g/mol. The predicted octanol–water partition coefficient (Wildman–Crippen LogP) is 2.95. The van der Waals surface area contributed by atoms with Crippen LogP contribution in [-0.4, -0.2) is 20.9 Å². The Hall–Kier alpha value is -2.36. The molecule has 0 spiro atoms. The quantitative estimate of drug-likeness (QED) is 0.869. The van der Waals surface area contributed by atoms with E-state index in [0.29, 0.717) is 6.54 Å². The second kappa shape index (κ2) is 5.74. The molecule has 2 rings (SSSR count). The number of carbonyl (C=O) groups is 1. The largest absolute Gasteiger partial charge is 0.478 e. The molecule has 1 N–H and O–H groups in total. The molecule has 2 aromatic rings. The van der Waals surface area contributed by atoms with Gasteiger partial charge in [-0.3, -0.25) is 4.68 Å². The van der Waals surface area contributed by atoms with Gasteiger partial charge in [0.2, 0.25) is 0 Å². The smallest absolute Gasteiger partial charge is 0.328 e. The molecule has 0 saturated heterocycles. The standard InChI is InChI=1S/C16H18N2O2/c1-11-4-6-14(7-5-11)10-18-13(3)15(12(2)17-18)8-9-16(19)20/h4-9H,10H2,1-3H3,(H,19,20). The van der Waals surface area contributed by atoms with Crippen LogP contribution in [0.4, 0.5) is 0 Å². The van der Waals surface area contributed by atoms with E-state index < -0.39 is 5.97 Å². The van der Waals surface area contributed by atoms with E-state index in [2.05, 4.69) is 36.3 Å². The Morgan fingerprint density at radius 1 is 1.25 bits per heavy atom. The molecular formula is C16H18N2O2. The Kier molecular flexibility index (Phi) is 4.03. The summed E-state index contributed by atoms with van der Waals surface area (Å²) in [5, 5.41) is 13.2. The Bertz CT molecular complexity index is 652. The van der Waals surface area contributed by atoms with Gasteiger partial charge in [-0.2, -0.15) is 5.10 Å². The number of aryl methyl sites for hydroxylation is 2. The number of aromatic nitrogens is 2. The van der Waals surface area contributed by atoms with Crippen LogP contribution < -0.4 is 0 Å². The van der Waals surface area contributed by atoms with Crippen LogP contribution in [0.25, 0.3) is 6.08 Å². The molecule has 104 valence electrons. The molecule has 0 unspecified atom stereocenters. The number of aliphatic carboxylic acids is 1. The van der Waals surface area contributed by atoms with Gasteiger partial charge in [0.1, 0.15) is 0 Å². The lowest BCUT2D eigenvalue weighted by Gasteiger charge is -2.05. The van der Waals surface area contributed by atoms with Crippen molar-refractivity contribution in [3.8, 4) is 0 Å². The summed E-state index contributed by atoms with van der Waals surface area (Å²) in [4.78, 5) is 10.6. The lowest BCUT2D eigenvalue weighted by Crippen LogP contribution is -2.04. The predicted molar refractivity (Wildman–Crippen MR) is 78.7 cm³/mol. The molecule has 0 bridgehead atoms. The average molecular weight is 270 g/mol. The number of benzene rings is 1. The number of nitrogens with zero attached hydrogens (tertiary/aromatic N) is 2. The molecule has 1 heterocycles. The third-order valence-electron chi connectivity index (χ3n) is 3.28. The zero-order valence-corrected chi connectivity index (χ0v) is 11.9.